The summed E-state index contributed by atoms with van der Waals surface area (Å²) in [6.07, 6.45) is -7.50. The number of hydrogen-bond donors (Lipinski definition) is 2. The summed E-state index contributed by atoms with van der Waals surface area (Å²) in [6, 6.07) is -1.07. The number of amides is 2. The van der Waals surface area contributed by atoms with Gasteiger partial charge in [-0.3, -0.25) is 0 Å². The van der Waals surface area contributed by atoms with Crippen molar-refractivity contribution in [1.82, 2.24) is 14.9 Å². The summed E-state index contributed by atoms with van der Waals surface area (Å²) in [4.78, 5) is 12.0. The van der Waals surface area contributed by atoms with Gasteiger partial charge in [0.25, 0.3) is 0 Å². The molecule has 2 fully saturated rings. The van der Waals surface area contributed by atoms with Gasteiger partial charge in [0.1, 0.15) is 16.7 Å². The van der Waals surface area contributed by atoms with Crippen molar-refractivity contribution < 1.29 is 35.3 Å². The summed E-state index contributed by atoms with van der Waals surface area (Å²) < 4.78 is 87.6. The van der Waals surface area contributed by atoms with Crippen molar-refractivity contribution in [2.24, 2.45) is 5.92 Å². The number of nitrogens with one attached hydrogen (secondary N) is 2. The number of hydrogen-bond acceptors (Lipinski definition) is 2. The minimum atomic E-state index is -4.50. The number of alkyl halides is 6. The molecule has 2 N–H and O–H groups in total. The maximum absolute atomic E-state index is 12.6. The Hall–Kier alpha value is -1.04. The highest BCUT2D eigenvalue weighted by atomic mass is 32.2. The first-order valence-electron chi connectivity index (χ1n) is 8.78. The zero-order valence-corrected chi connectivity index (χ0v) is 15.4. The van der Waals surface area contributed by atoms with Crippen molar-refractivity contribution in [1.29, 1.82) is 0 Å². The van der Waals surface area contributed by atoms with E-state index in [1.165, 1.54) is 4.31 Å². The van der Waals surface area contributed by atoms with Crippen molar-refractivity contribution in [2.75, 3.05) is 18.8 Å². The average molecular weight is 423 g/mol. The Labute approximate surface area is 155 Å². The van der Waals surface area contributed by atoms with E-state index in [0.29, 0.717) is 12.8 Å². The molecule has 0 aromatic rings. The molecule has 1 saturated heterocycles. The monoisotopic (exact) mass is 423 g/mol. The Morgan fingerprint density at radius 3 is 1.81 bits per heavy atom. The molecule has 0 aromatic carbocycles. The van der Waals surface area contributed by atoms with E-state index in [1.54, 1.807) is 0 Å². The fraction of sp³-hybridized carbons (Fsp3) is 0.933. The van der Waals surface area contributed by atoms with E-state index in [4.69, 9.17) is 0 Å². The first-order chi connectivity index (χ1) is 12.4. The maximum Gasteiger partial charge on any atom is 0.401 e. The number of halogens is 6. The van der Waals surface area contributed by atoms with E-state index in [1.807, 2.05) is 0 Å². The van der Waals surface area contributed by atoms with Crippen LogP contribution in [0.15, 0.2) is 0 Å². The standard InChI is InChI=1S/C15H23F6N3O2S/c16-14(17,18)9-27(26)24-7-5-12(6-8-24)23-13(25)22-11-3-1-10(2-4-11)15(19,20)21/h10-12H,1-9H2,(H2,22,23,25). The zero-order chi connectivity index (χ0) is 20.2. The van der Waals surface area contributed by atoms with E-state index < -0.39 is 41.0 Å². The van der Waals surface area contributed by atoms with Gasteiger partial charge in [-0.05, 0) is 38.5 Å². The van der Waals surface area contributed by atoms with Crippen molar-refractivity contribution in [3.05, 3.63) is 0 Å². The Balaban J connectivity index is 1.67. The third-order valence-electron chi connectivity index (χ3n) is 4.89. The molecule has 158 valence electrons. The normalized spacial score (nSPS) is 27.2. The molecule has 1 unspecified atom stereocenters. The van der Waals surface area contributed by atoms with Crippen molar-refractivity contribution in [3.8, 4) is 0 Å². The topological polar surface area (TPSA) is 61.4 Å². The fourth-order valence-corrected chi connectivity index (χ4v) is 4.49. The molecule has 1 aliphatic heterocycles. The lowest BCUT2D eigenvalue weighted by atomic mass is 9.85. The maximum atomic E-state index is 12.6. The van der Waals surface area contributed by atoms with Gasteiger partial charge in [0, 0.05) is 25.2 Å². The van der Waals surface area contributed by atoms with Crippen molar-refractivity contribution in [2.45, 2.75) is 63.0 Å². The number of rotatable bonds is 4. The Kier molecular flexibility index (Phi) is 7.40. The van der Waals surface area contributed by atoms with Gasteiger partial charge in [0.2, 0.25) is 0 Å². The highest BCUT2D eigenvalue weighted by Crippen LogP contribution is 2.37. The number of carbonyl (C=O) groups is 1. The quantitative estimate of drug-likeness (QED) is 0.683. The molecule has 2 rings (SSSR count). The number of nitrogens with zero attached hydrogens (tertiary/aromatic N) is 1. The van der Waals surface area contributed by atoms with E-state index in [0.717, 1.165) is 0 Å². The summed E-state index contributed by atoms with van der Waals surface area (Å²) in [5.74, 6) is -2.70. The molecule has 2 amide bonds. The molecule has 0 aromatic heterocycles. The van der Waals surface area contributed by atoms with Crippen molar-refractivity contribution >= 4 is 17.0 Å². The molecular formula is C15H23F6N3O2S. The number of piperidine rings is 1. The number of carbonyl (C=O) groups excluding carboxylic acids is 1. The van der Waals surface area contributed by atoms with Crippen LogP contribution in [-0.4, -0.2) is 57.8 Å². The highest BCUT2D eigenvalue weighted by molar-refractivity contribution is 7.82. The molecule has 0 spiro atoms. The average Bonchev–Trinajstić information content (AvgIpc) is 2.53. The third kappa shape index (κ3) is 7.47. The lowest BCUT2D eigenvalue weighted by Gasteiger charge is -2.33. The van der Waals surface area contributed by atoms with Crippen LogP contribution in [-0.2, 0) is 11.0 Å². The largest absolute Gasteiger partial charge is 0.401 e. The van der Waals surface area contributed by atoms with Gasteiger partial charge in [-0.2, -0.15) is 26.3 Å². The van der Waals surface area contributed by atoms with Gasteiger partial charge < -0.3 is 10.6 Å². The van der Waals surface area contributed by atoms with Crippen LogP contribution >= 0.6 is 0 Å². The Morgan fingerprint density at radius 2 is 1.37 bits per heavy atom. The summed E-state index contributed by atoms with van der Waals surface area (Å²) in [6.45, 7) is 0.342. The Bertz CT molecular complexity index is 527. The van der Waals surface area contributed by atoms with Crippen LogP contribution in [0.3, 0.4) is 0 Å². The molecule has 1 heterocycles. The summed E-state index contributed by atoms with van der Waals surface area (Å²) >= 11 is 0. The second kappa shape index (κ2) is 8.97. The third-order valence-corrected chi connectivity index (χ3v) is 6.40. The van der Waals surface area contributed by atoms with E-state index >= 15 is 0 Å². The van der Waals surface area contributed by atoms with Crippen LogP contribution in [0.1, 0.15) is 38.5 Å². The second-order valence-corrected chi connectivity index (χ2v) is 8.44. The molecule has 1 atom stereocenters. The molecule has 2 aliphatic rings. The minimum absolute atomic E-state index is 0.0160. The van der Waals surface area contributed by atoms with E-state index in [-0.39, 0.29) is 50.9 Å². The molecule has 0 radical (unpaired) electrons. The zero-order valence-electron chi connectivity index (χ0n) is 14.5. The van der Waals surface area contributed by atoms with Crippen LogP contribution in [0, 0.1) is 5.92 Å². The van der Waals surface area contributed by atoms with Gasteiger partial charge in [0.05, 0.1) is 5.92 Å². The minimum Gasteiger partial charge on any atom is -0.335 e. The van der Waals surface area contributed by atoms with Gasteiger partial charge in [-0.1, -0.05) is 0 Å². The van der Waals surface area contributed by atoms with Gasteiger partial charge >= 0.3 is 18.4 Å². The lowest BCUT2D eigenvalue weighted by Crippen LogP contribution is -2.51. The first-order valence-corrected chi connectivity index (χ1v) is 10.1. The van der Waals surface area contributed by atoms with Crippen LogP contribution in [0.4, 0.5) is 31.1 Å². The van der Waals surface area contributed by atoms with Crippen LogP contribution in [0.2, 0.25) is 0 Å². The molecule has 1 aliphatic carbocycles. The fourth-order valence-electron chi connectivity index (χ4n) is 3.41. The van der Waals surface area contributed by atoms with E-state index in [9.17, 15) is 35.3 Å². The summed E-state index contributed by atoms with van der Waals surface area (Å²) in [5.41, 5.74) is 0. The van der Waals surface area contributed by atoms with Gasteiger partial charge in [-0.15, -0.1) is 0 Å². The van der Waals surface area contributed by atoms with Gasteiger partial charge in [-0.25, -0.2) is 13.3 Å². The first kappa shape index (κ1) is 22.3. The predicted molar refractivity (Wildman–Crippen MR) is 87.1 cm³/mol. The molecule has 27 heavy (non-hydrogen) atoms. The van der Waals surface area contributed by atoms with Crippen molar-refractivity contribution in [3.63, 3.8) is 0 Å². The second-order valence-electron chi connectivity index (χ2n) is 6.99. The van der Waals surface area contributed by atoms with Gasteiger partial charge in [0.15, 0.2) is 0 Å². The lowest BCUT2D eigenvalue weighted by molar-refractivity contribution is -0.182. The van der Waals surface area contributed by atoms with Crippen LogP contribution in [0.5, 0.6) is 0 Å². The highest BCUT2D eigenvalue weighted by Gasteiger charge is 2.41. The molecule has 5 nitrogen and oxygen atoms in total. The number of urea groups is 1. The molecule has 0 bridgehead atoms. The Morgan fingerprint density at radius 1 is 0.889 bits per heavy atom. The molecule has 1 saturated carbocycles. The SMILES string of the molecule is O=C(NC1CCC(C(F)(F)F)CC1)NC1CCN(S(=O)CC(F)(F)F)CC1. The smallest absolute Gasteiger partial charge is 0.335 e. The summed E-state index contributed by atoms with van der Waals surface area (Å²) in [7, 11) is -2.13. The van der Waals surface area contributed by atoms with Crippen LogP contribution < -0.4 is 10.6 Å². The molecular weight excluding hydrogens is 400 g/mol. The predicted octanol–water partition coefficient (Wildman–Crippen LogP) is 3.10. The van der Waals surface area contributed by atoms with E-state index in [2.05, 4.69) is 10.6 Å². The van der Waals surface area contributed by atoms with Crippen LogP contribution in [0.25, 0.3) is 0 Å². The summed E-state index contributed by atoms with van der Waals surface area (Å²) in [5, 5.41) is 5.36. The molecule has 12 heteroatoms.